The molecule has 0 radical (unpaired) electrons. The molecule has 0 spiro atoms. The van der Waals surface area contributed by atoms with E-state index in [9.17, 15) is 17.6 Å². The third-order valence-corrected chi connectivity index (χ3v) is 3.06. The molecule has 0 aliphatic carbocycles. The van der Waals surface area contributed by atoms with E-state index in [1.165, 1.54) is 6.07 Å². The molecule has 0 saturated carbocycles. The van der Waals surface area contributed by atoms with Gasteiger partial charge in [0.25, 0.3) is 0 Å². The third-order valence-electron chi connectivity index (χ3n) is 3.06. The molecule has 1 aromatic rings. The number of nitrogens with one attached hydrogen (secondary N) is 1. The van der Waals surface area contributed by atoms with Gasteiger partial charge in [-0.3, -0.25) is 0 Å². The van der Waals surface area contributed by atoms with Gasteiger partial charge in [0.1, 0.15) is 5.82 Å². The van der Waals surface area contributed by atoms with Gasteiger partial charge in [-0.05, 0) is 43.0 Å². The van der Waals surface area contributed by atoms with Crippen molar-refractivity contribution in [3.8, 4) is 0 Å². The quantitative estimate of drug-likeness (QED) is 0.751. The number of hydrogen-bond donors (Lipinski definition) is 1. The van der Waals surface area contributed by atoms with Crippen LogP contribution in [0, 0.1) is 5.82 Å². The van der Waals surface area contributed by atoms with Gasteiger partial charge >= 0.3 is 6.18 Å². The van der Waals surface area contributed by atoms with Gasteiger partial charge in [0.2, 0.25) is 0 Å². The van der Waals surface area contributed by atoms with E-state index in [1.54, 1.807) is 0 Å². The Balaban J connectivity index is 2.25. The Morgan fingerprint density at radius 1 is 1.24 bits per heavy atom. The molecule has 1 aliphatic rings. The zero-order valence-corrected chi connectivity index (χ0v) is 9.15. The number of rotatable bonds is 1. The highest BCUT2D eigenvalue weighted by Gasteiger charge is 2.31. The van der Waals surface area contributed by atoms with Crippen LogP contribution in [0.1, 0.15) is 29.9 Å². The fourth-order valence-electron chi connectivity index (χ4n) is 2.15. The van der Waals surface area contributed by atoms with Crippen molar-refractivity contribution in [2.24, 2.45) is 0 Å². The maximum Gasteiger partial charge on any atom is 0.416 e. The maximum atomic E-state index is 13.6. The van der Waals surface area contributed by atoms with Crippen molar-refractivity contribution in [2.45, 2.75) is 24.9 Å². The summed E-state index contributed by atoms with van der Waals surface area (Å²) in [5.41, 5.74) is -0.548. The molecule has 0 unspecified atom stereocenters. The molecule has 0 aromatic heterocycles. The molecule has 5 heteroatoms. The number of alkyl halides is 3. The molecule has 1 saturated heterocycles. The highest BCUT2D eigenvalue weighted by Crippen LogP contribution is 2.33. The monoisotopic (exact) mass is 247 g/mol. The Hall–Kier alpha value is -1.10. The van der Waals surface area contributed by atoms with Crippen molar-refractivity contribution < 1.29 is 17.6 Å². The second kappa shape index (κ2) is 4.64. The van der Waals surface area contributed by atoms with Gasteiger partial charge in [0.05, 0.1) is 5.56 Å². The van der Waals surface area contributed by atoms with Crippen LogP contribution in [0.3, 0.4) is 0 Å². The van der Waals surface area contributed by atoms with Crippen molar-refractivity contribution >= 4 is 0 Å². The van der Waals surface area contributed by atoms with E-state index < -0.39 is 17.6 Å². The Kier molecular flexibility index (Phi) is 3.38. The predicted molar refractivity (Wildman–Crippen MR) is 56.2 cm³/mol. The Morgan fingerprint density at radius 2 is 2.00 bits per heavy atom. The maximum absolute atomic E-state index is 13.6. The van der Waals surface area contributed by atoms with E-state index >= 15 is 0 Å². The van der Waals surface area contributed by atoms with Gasteiger partial charge in [-0.15, -0.1) is 0 Å². The molecule has 0 bridgehead atoms. The fraction of sp³-hybridized carbons (Fsp3) is 0.500. The summed E-state index contributed by atoms with van der Waals surface area (Å²) in [6, 6.07) is 2.80. The van der Waals surface area contributed by atoms with Crippen LogP contribution in [0.15, 0.2) is 18.2 Å². The second-order valence-electron chi connectivity index (χ2n) is 4.28. The Morgan fingerprint density at radius 3 is 2.53 bits per heavy atom. The molecule has 1 heterocycles. The molecule has 94 valence electrons. The standard InChI is InChI=1S/C12H13F4N/c13-11-6-9(12(14,15)16)3-4-10(11)8-2-1-5-17-7-8/h3-4,6,8,17H,1-2,5,7H2/t8-/m1/s1. The lowest BCUT2D eigenvalue weighted by Crippen LogP contribution is -2.28. The zero-order chi connectivity index (χ0) is 12.5. The van der Waals surface area contributed by atoms with Gasteiger partial charge in [-0.1, -0.05) is 6.07 Å². The average molecular weight is 247 g/mol. The van der Waals surface area contributed by atoms with Crippen LogP contribution >= 0.6 is 0 Å². The minimum atomic E-state index is -4.48. The van der Waals surface area contributed by atoms with Crippen molar-refractivity contribution in [3.05, 3.63) is 35.1 Å². The lowest BCUT2D eigenvalue weighted by atomic mass is 9.90. The van der Waals surface area contributed by atoms with Gasteiger partial charge < -0.3 is 5.32 Å². The molecule has 1 aliphatic heterocycles. The Labute approximate surface area is 96.8 Å². The van der Waals surface area contributed by atoms with Crippen LogP contribution in [-0.4, -0.2) is 13.1 Å². The highest BCUT2D eigenvalue weighted by atomic mass is 19.4. The van der Waals surface area contributed by atoms with Crippen LogP contribution in [-0.2, 0) is 6.18 Å². The smallest absolute Gasteiger partial charge is 0.316 e. The average Bonchev–Trinajstić information content (AvgIpc) is 2.29. The number of piperidine rings is 1. The topological polar surface area (TPSA) is 12.0 Å². The molecule has 1 N–H and O–H groups in total. The summed E-state index contributed by atoms with van der Waals surface area (Å²) in [6.45, 7) is 1.51. The van der Waals surface area contributed by atoms with E-state index in [0.29, 0.717) is 18.2 Å². The lowest BCUT2D eigenvalue weighted by molar-refractivity contribution is -0.137. The Bertz CT molecular complexity index is 394. The summed E-state index contributed by atoms with van der Waals surface area (Å²) in [5.74, 6) is -0.778. The van der Waals surface area contributed by atoms with E-state index in [1.807, 2.05) is 0 Å². The minimum absolute atomic E-state index is 0.0222. The van der Waals surface area contributed by atoms with Gasteiger partial charge in [0.15, 0.2) is 0 Å². The molecule has 0 amide bonds. The minimum Gasteiger partial charge on any atom is -0.316 e. The first kappa shape index (κ1) is 12.4. The van der Waals surface area contributed by atoms with Crippen LogP contribution in [0.25, 0.3) is 0 Å². The van der Waals surface area contributed by atoms with E-state index in [0.717, 1.165) is 25.5 Å². The summed E-state index contributed by atoms with van der Waals surface area (Å²) in [7, 11) is 0. The first-order valence-corrected chi connectivity index (χ1v) is 5.56. The molecule has 1 aromatic carbocycles. The largest absolute Gasteiger partial charge is 0.416 e. The number of hydrogen-bond acceptors (Lipinski definition) is 1. The highest BCUT2D eigenvalue weighted by molar-refractivity contribution is 5.29. The molecular formula is C12H13F4N. The second-order valence-corrected chi connectivity index (χ2v) is 4.28. The summed E-state index contributed by atoms with van der Waals surface area (Å²) in [4.78, 5) is 0. The van der Waals surface area contributed by atoms with Crippen LogP contribution in [0.2, 0.25) is 0 Å². The normalized spacial score (nSPS) is 21.5. The third kappa shape index (κ3) is 2.77. The van der Waals surface area contributed by atoms with Crippen LogP contribution < -0.4 is 5.32 Å². The first-order chi connectivity index (χ1) is 7.98. The van der Waals surface area contributed by atoms with Crippen LogP contribution in [0.5, 0.6) is 0 Å². The zero-order valence-electron chi connectivity index (χ0n) is 9.15. The van der Waals surface area contributed by atoms with Gasteiger partial charge in [-0.2, -0.15) is 13.2 Å². The van der Waals surface area contributed by atoms with Crippen molar-refractivity contribution in [1.82, 2.24) is 5.32 Å². The van der Waals surface area contributed by atoms with E-state index in [-0.39, 0.29) is 5.92 Å². The van der Waals surface area contributed by atoms with Gasteiger partial charge in [-0.25, -0.2) is 4.39 Å². The van der Waals surface area contributed by atoms with Crippen LogP contribution in [0.4, 0.5) is 17.6 Å². The van der Waals surface area contributed by atoms with Gasteiger partial charge in [0, 0.05) is 6.54 Å². The summed E-state index contributed by atoms with van der Waals surface area (Å²) in [5, 5.41) is 3.12. The summed E-state index contributed by atoms with van der Waals surface area (Å²) in [6.07, 6.45) is -2.75. The van der Waals surface area contributed by atoms with Crippen molar-refractivity contribution in [2.75, 3.05) is 13.1 Å². The van der Waals surface area contributed by atoms with Crippen molar-refractivity contribution in [3.63, 3.8) is 0 Å². The van der Waals surface area contributed by atoms with Crippen molar-refractivity contribution in [1.29, 1.82) is 0 Å². The fourth-order valence-corrected chi connectivity index (χ4v) is 2.15. The molecule has 1 atom stereocenters. The lowest BCUT2D eigenvalue weighted by Gasteiger charge is -2.23. The molecule has 1 fully saturated rings. The van der Waals surface area contributed by atoms with E-state index in [4.69, 9.17) is 0 Å². The first-order valence-electron chi connectivity index (χ1n) is 5.56. The summed E-state index contributed by atoms with van der Waals surface area (Å²) >= 11 is 0. The molecular weight excluding hydrogens is 234 g/mol. The SMILES string of the molecule is Fc1cc(C(F)(F)F)ccc1[C@@H]1CCCNC1. The van der Waals surface area contributed by atoms with E-state index in [2.05, 4.69) is 5.32 Å². The molecule has 1 nitrogen and oxygen atoms in total. The number of halogens is 4. The summed E-state index contributed by atoms with van der Waals surface area (Å²) < 4.78 is 50.7. The predicted octanol–water partition coefficient (Wildman–Crippen LogP) is 3.31. The number of benzene rings is 1. The molecule has 17 heavy (non-hydrogen) atoms. The molecule has 2 rings (SSSR count).